The molecule has 0 amide bonds. The second kappa shape index (κ2) is 2.90. The molecule has 2 rings (SSSR count). The average Bonchev–Trinajstić information content (AvgIpc) is 2.70. The molecule has 3 heteroatoms. The molecule has 2 aliphatic rings. The van der Waals surface area contributed by atoms with E-state index in [0.29, 0.717) is 24.7 Å². The Bertz CT molecular complexity index is 202. The molecule has 12 heavy (non-hydrogen) atoms. The van der Waals surface area contributed by atoms with Crippen LogP contribution in [0.1, 0.15) is 12.8 Å². The number of epoxide rings is 1. The summed E-state index contributed by atoms with van der Waals surface area (Å²) in [6.45, 7) is 3.86. The number of carbonyl (C=O) groups is 1. The van der Waals surface area contributed by atoms with Crippen molar-refractivity contribution in [3.8, 4) is 0 Å². The summed E-state index contributed by atoms with van der Waals surface area (Å²) in [5.74, 6) is 0.189. The van der Waals surface area contributed by atoms with Gasteiger partial charge in [0.2, 0.25) is 0 Å². The largest absolute Gasteiger partial charge is 0.462 e. The molecule has 0 aromatic rings. The molecule has 0 aromatic heterocycles. The van der Waals surface area contributed by atoms with Crippen molar-refractivity contribution < 1.29 is 14.3 Å². The van der Waals surface area contributed by atoms with Gasteiger partial charge in [0.25, 0.3) is 0 Å². The smallest absolute Gasteiger partial charge is 0.330 e. The highest BCUT2D eigenvalue weighted by Gasteiger charge is 2.47. The molecule has 1 saturated heterocycles. The van der Waals surface area contributed by atoms with Crippen LogP contribution in [0.3, 0.4) is 0 Å². The molecule has 0 bridgehead atoms. The molecule has 0 radical (unpaired) electrons. The van der Waals surface area contributed by atoms with Crippen molar-refractivity contribution in [2.75, 3.05) is 6.61 Å². The van der Waals surface area contributed by atoms with Crippen LogP contribution < -0.4 is 0 Å². The zero-order chi connectivity index (χ0) is 8.55. The number of esters is 1. The predicted octanol–water partition coefficient (Wildman–Crippen LogP) is 0.893. The van der Waals surface area contributed by atoms with Gasteiger partial charge in [-0.1, -0.05) is 6.58 Å². The highest BCUT2D eigenvalue weighted by Crippen LogP contribution is 2.42. The molecule has 1 heterocycles. The number of rotatable bonds is 3. The molecule has 1 saturated carbocycles. The van der Waals surface area contributed by atoms with E-state index in [-0.39, 0.29) is 5.97 Å². The molecule has 2 unspecified atom stereocenters. The maximum atomic E-state index is 10.7. The summed E-state index contributed by atoms with van der Waals surface area (Å²) >= 11 is 0. The van der Waals surface area contributed by atoms with Crippen molar-refractivity contribution in [1.29, 1.82) is 0 Å². The summed E-state index contributed by atoms with van der Waals surface area (Å²) in [6.07, 6.45) is 4.24. The van der Waals surface area contributed by atoms with Crippen molar-refractivity contribution in [1.82, 2.24) is 0 Å². The van der Waals surface area contributed by atoms with Crippen molar-refractivity contribution in [3.05, 3.63) is 12.7 Å². The summed E-state index contributed by atoms with van der Waals surface area (Å²) in [7, 11) is 0. The van der Waals surface area contributed by atoms with Crippen LogP contribution in [-0.4, -0.2) is 24.8 Å². The van der Waals surface area contributed by atoms with E-state index in [1.54, 1.807) is 0 Å². The van der Waals surface area contributed by atoms with Gasteiger partial charge in [-0.3, -0.25) is 0 Å². The van der Waals surface area contributed by atoms with Crippen molar-refractivity contribution in [2.24, 2.45) is 5.92 Å². The fourth-order valence-corrected chi connectivity index (χ4v) is 1.74. The molecule has 3 nitrogen and oxygen atoms in total. The lowest BCUT2D eigenvalue weighted by Crippen LogP contribution is -2.12. The van der Waals surface area contributed by atoms with E-state index >= 15 is 0 Å². The second-order valence-electron chi connectivity index (χ2n) is 3.38. The Balaban J connectivity index is 1.67. The topological polar surface area (TPSA) is 38.8 Å². The first-order valence-electron chi connectivity index (χ1n) is 4.24. The lowest BCUT2D eigenvalue weighted by atomic mass is 10.1. The van der Waals surface area contributed by atoms with Crippen LogP contribution >= 0.6 is 0 Å². The van der Waals surface area contributed by atoms with Crippen LogP contribution in [0, 0.1) is 5.92 Å². The van der Waals surface area contributed by atoms with Gasteiger partial charge in [-0.25, -0.2) is 4.79 Å². The first kappa shape index (κ1) is 7.80. The lowest BCUT2D eigenvalue weighted by Gasteiger charge is -2.09. The van der Waals surface area contributed by atoms with Gasteiger partial charge in [0.05, 0.1) is 18.8 Å². The third-order valence-corrected chi connectivity index (χ3v) is 2.45. The maximum absolute atomic E-state index is 10.7. The van der Waals surface area contributed by atoms with E-state index in [1.807, 2.05) is 0 Å². The summed E-state index contributed by atoms with van der Waals surface area (Å²) < 4.78 is 10.2. The summed E-state index contributed by atoms with van der Waals surface area (Å²) in [5.41, 5.74) is 0. The Morgan fingerprint density at radius 2 is 2.25 bits per heavy atom. The Morgan fingerprint density at radius 3 is 2.83 bits per heavy atom. The molecular formula is C9H12O3. The predicted molar refractivity (Wildman–Crippen MR) is 42.5 cm³/mol. The molecule has 1 aliphatic carbocycles. The quantitative estimate of drug-likeness (QED) is 0.357. The van der Waals surface area contributed by atoms with E-state index in [2.05, 4.69) is 6.58 Å². The van der Waals surface area contributed by atoms with Crippen LogP contribution in [0.4, 0.5) is 0 Å². The Morgan fingerprint density at radius 1 is 1.58 bits per heavy atom. The molecule has 1 aliphatic heterocycles. The van der Waals surface area contributed by atoms with Gasteiger partial charge in [0, 0.05) is 6.08 Å². The number of fused-ring (bicyclic) bond motifs is 1. The van der Waals surface area contributed by atoms with Gasteiger partial charge in [-0.05, 0) is 18.8 Å². The monoisotopic (exact) mass is 168 g/mol. The molecule has 0 aromatic carbocycles. The molecule has 0 N–H and O–H groups in total. The first-order valence-corrected chi connectivity index (χ1v) is 4.24. The van der Waals surface area contributed by atoms with E-state index in [9.17, 15) is 4.79 Å². The fourth-order valence-electron chi connectivity index (χ4n) is 1.74. The average molecular weight is 168 g/mol. The normalized spacial score (nSPS) is 37.2. The van der Waals surface area contributed by atoms with E-state index < -0.39 is 0 Å². The highest BCUT2D eigenvalue weighted by molar-refractivity contribution is 5.81. The molecule has 2 atom stereocenters. The van der Waals surface area contributed by atoms with Gasteiger partial charge in [-0.15, -0.1) is 0 Å². The standard InChI is InChI=1S/C9H12O3/c1-2-9(10)11-5-6-3-7-8(4-6)12-7/h2,6-8H,1,3-5H2. The zero-order valence-corrected chi connectivity index (χ0v) is 6.86. The minimum Gasteiger partial charge on any atom is -0.462 e. The first-order chi connectivity index (χ1) is 5.79. The van der Waals surface area contributed by atoms with Gasteiger partial charge >= 0.3 is 5.97 Å². The van der Waals surface area contributed by atoms with Gasteiger partial charge < -0.3 is 9.47 Å². The van der Waals surface area contributed by atoms with Crippen LogP contribution in [0.15, 0.2) is 12.7 Å². The third-order valence-electron chi connectivity index (χ3n) is 2.45. The Kier molecular flexibility index (Phi) is 1.89. The summed E-state index contributed by atoms with van der Waals surface area (Å²) in [4.78, 5) is 10.7. The van der Waals surface area contributed by atoms with Crippen LogP contribution in [0.5, 0.6) is 0 Å². The lowest BCUT2D eigenvalue weighted by molar-refractivity contribution is -0.139. The fraction of sp³-hybridized carbons (Fsp3) is 0.667. The van der Waals surface area contributed by atoms with Crippen LogP contribution in [0.25, 0.3) is 0 Å². The number of carbonyl (C=O) groups excluding carboxylic acids is 1. The second-order valence-corrected chi connectivity index (χ2v) is 3.38. The Hall–Kier alpha value is -0.830. The van der Waals surface area contributed by atoms with E-state index in [1.165, 1.54) is 6.08 Å². The van der Waals surface area contributed by atoms with Gasteiger partial charge in [-0.2, -0.15) is 0 Å². The number of ether oxygens (including phenoxy) is 2. The number of hydrogen-bond donors (Lipinski definition) is 0. The highest BCUT2D eigenvalue weighted by atomic mass is 16.6. The van der Waals surface area contributed by atoms with Crippen LogP contribution in [-0.2, 0) is 14.3 Å². The molecular weight excluding hydrogens is 156 g/mol. The summed E-state index contributed by atoms with van der Waals surface area (Å²) in [5, 5.41) is 0. The third kappa shape index (κ3) is 1.50. The number of hydrogen-bond acceptors (Lipinski definition) is 3. The van der Waals surface area contributed by atoms with Gasteiger partial charge in [0.1, 0.15) is 0 Å². The van der Waals surface area contributed by atoms with Crippen LogP contribution in [0.2, 0.25) is 0 Å². The molecule has 0 spiro atoms. The zero-order valence-electron chi connectivity index (χ0n) is 6.86. The Labute approximate surface area is 71.3 Å². The minimum atomic E-state index is -0.323. The van der Waals surface area contributed by atoms with E-state index in [4.69, 9.17) is 9.47 Å². The molecule has 66 valence electrons. The SMILES string of the molecule is C=CC(=O)OCC1CC2OC2C1. The van der Waals surface area contributed by atoms with Crippen molar-refractivity contribution in [2.45, 2.75) is 25.0 Å². The van der Waals surface area contributed by atoms with Gasteiger partial charge in [0.15, 0.2) is 0 Å². The van der Waals surface area contributed by atoms with Crippen molar-refractivity contribution in [3.63, 3.8) is 0 Å². The summed E-state index contributed by atoms with van der Waals surface area (Å²) in [6, 6.07) is 0. The van der Waals surface area contributed by atoms with Crippen molar-refractivity contribution >= 4 is 5.97 Å². The van der Waals surface area contributed by atoms with E-state index in [0.717, 1.165) is 12.8 Å². The molecule has 2 fully saturated rings. The maximum Gasteiger partial charge on any atom is 0.330 e. The minimum absolute atomic E-state index is 0.323.